The summed E-state index contributed by atoms with van der Waals surface area (Å²) in [6.07, 6.45) is 1.73. The van der Waals surface area contributed by atoms with Crippen LogP contribution >= 0.6 is 12.2 Å². The van der Waals surface area contributed by atoms with Crippen molar-refractivity contribution in [1.82, 2.24) is 5.32 Å². The Bertz CT molecular complexity index is 893. The Kier molecular flexibility index (Phi) is 5.61. The second-order valence-electron chi connectivity index (χ2n) is 5.67. The minimum absolute atomic E-state index is 0.224. The maximum Gasteiger partial charge on any atom is 0.281 e. The van der Waals surface area contributed by atoms with Crippen molar-refractivity contribution in [2.45, 2.75) is 6.92 Å². The zero-order chi connectivity index (χ0) is 19.4. The molecule has 1 amide bonds. The van der Waals surface area contributed by atoms with E-state index in [1.54, 1.807) is 44.6 Å². The number of nitrogens with one attached hydrogen (secondary N) is 1. The number of carbonyl (C=O) groups excluding carboxylic acids is 1. The van der Waals surface area contributed by atoms with Crippen LogP contribution in [0.15, 0.2) is 48.2 Å². The van der Waals surface area contributed by atoms with E-state index in [-0.39, 0.29) is 5.91 Å². The van der Waals surface area contributed by atoms with Crippen LogP contribution < -0.4 is 24.4 Å². The number of anilines is 1. The molecule has 2 aromatic carbocycles. The Hall–Kier alpha value is -3.06. The molecule has 6 nitrogen and oxygen atoms in total. The molecule has 0 saturated carbocycles. The van der Waals surface area contributed by atoms with Crippen LogP contribution in [0.3, 0.4) is 0 Å². The van der Waals surface area contributed by atoms with Crippen molar-refractivity contribution in [3.63, 3.8) is 0 Å². The molecule has 1 aliphatic rings. The molecule has 7 heteroatoms. The van der Waals surface area contributed by atoms with E-state index in [0.717, 1.165) is 5.56 Å². The van der Waals surface area contributed by atoms with Gasteiger partial charge in [0.1, 0.15) is 11.4 Å². The van der Waals surface area contributed by atoms with Gasteiger partial charge < -0.3 is 19.5 Å². The number of benzene rings is 2. The quantitative estimate of drug-likeness (QED) is 0.609. The molecule has 0 unspecified atom stereocenters. The molecule has 140 valence electrons. The van der Waals surface area contributed by atoms with Gasteiger partial charge in [-0.3, -0.25) is 9.69 Å². The zero-order valence-corrected chi connectivity index (χ0v) is 16.1. The highest BCUT2D eigenvalue weighted by Gasteiger charge is 2.32. The zero-order valence-electron chi connectivity index (χ0n) is 15.3. The van der Waals surface area contributed by atoms with Crippen LogP contribution in [0.1, 0.15) is 12.5 Å². The lowest BCUT2D eigenvalue weighted by Crippen LogP contribution is -2.30. The fourth-order valence-electron chi connectivity index (χ4n) is 2.72. The van der Waals surface area contributed by atoms with E-state index >= 15 is 0 Å². The minimum Gasteiger partial charge on any atom is -0.497 e. The second kappa shape index (κ2) is 8.09. The predicted octanol–water partition coefficient (Wildman–Crippen LogP) is 3.36. The van der Waals surface area contributed by atoms with Crippen LogP contribution in [0.4, 0.5) is 5.69 Å². The summed E-state index contributed by atoms with van der Waals surface area (Å²) in [5, 5.41) is 3.30. The fourth-order valence-corrected chi connectivity index (χ4v) is 3.01. The van der Waals surface area contributed by atoms with Crippen molar-refractivity contribution in [2.24, 2.45) is 0 Å². The molecule has 0 spiro atoms. The van der Waals surface area contributed by atoms with E-state index < -0.39 is 0 Å². The van der Waals surface area contributed by atoms with E-state index in [0.29, 0.717) is 40.4 Å². The van der Waals surface area contributed by atoms with Crippen molar-refractivity contribution in [1.29, 1.82) is 0 Å². The van der Waals surface area contributed by atoms with Crippen LogP contribution in [0.25, 0.3) is 6.08 Å². The van der Waals surface area contributed by atoms with Crippen molar-refractivity contribution >= 4 is 35.0 Å². The Balaban J connectivity index is 1.87. The molecule has 27 heavy (non-hydrogen) atoms. The van der Waals surface area contributed by atoms with Crippen molar-refractivity contribution in [2.75, 3.05) is 25.7 Å². The number of carbonyl (C=O) groups is 1. The summed E-state index contributed by atoms with van der Waals surface area (Å²) < 4.78 is 16.0. The maximum atomic E-state index is 12.8. The molecule has 3 rings (SSSR count). The second-order valence-corrected chi connectivity index (χ2v) is 6.06. The summed E-state index contributed by atoms with van der Waals surface area (Å²) in [4.78, 5) is 14.3. The third-order valence-corrected chi connectivity index (χ3v) is 4.29. The Morgan fingerprint density at radius 1 is 1.07 bits per heavy atom. The van der Waals surface area contributed by atoms with Gasteiger partial charge in [0.25, 0.3) is 5.91 Å². The summed E-state index contributed by atoms with van der Waals surface area (Å²) in [5.41, 5.74) is 1.86. The number of thiocarbonyl (C=S) groups is 1. The molecular weight excluding hydrogens is 364 g/mol. The molecule has 0 radical (unpaired) electrons. The van der Waals surface area contributed by atoms with Gasteiger partial charge in [-0.1, -0.05) is 6.07 Å². The lowest BCUT2D eigenvalue weighted by molar-refractivity contribution is -0.113. The number of hydrogen-bond donors (Lipinski definition) is 1. The lowest BCUT2D eigenvalue weighted by Gasteiger charge is -2.14. The predicted molar refractivity (Wildman–Crippen MR) is 108 cm³/mol. The summed E-state index contributed by atoms with van der Waals surface area (Å²) in [6, 6.07) is 12.6. The molecule has 2 aromatic rings. The van der Waals surface area contributed by atoms with Crippen LogP contribution in [0, 0.1) is 0 Å². The van der Waals surface area contributed by atoms with Gasteiger partial charge in [-0.05, 0) is 67.2 Å². The van der Waals surface area contributed by atoms with Gasteiger partial charge in [0, 0.05) is 0 Å². The van der Waals surface area contributed by atoms with Gasteiger partial charge in [0.2, 0.25) is 0 Å². The van der Waals surface area contributed by atoms with Crippen LogP contribution in [0.2, 0.25) is 0 Å². The molecule has 0 aromatic heterocycles. The van der Waals surface area contributed by atoms with Gasteiger partial charge in [-0.15, -0.1) is 0 Å². The average Bonchev–Trinajstić information content (AvgIpc) is 2.96. The molecule has 0 atom stereocenters. The van der Waals surface area contributed by atoms with Crippen LogP contribution in [-0.4, -0.2) is 31.8 Å². The molecule has 1 aliphatic heterocycles. The van der Waals surface area contributed by atoms with E-state index in [2.05, 4.69) is 5.32 Å². The number of rotatable bonds is 6. The Labute approximate surface area is 163 Å². The SMILES string of the molecule is CCOc1ccc(C=C2NC(=S)N(c3ccc(OC)cc3)C2=O)cc1OC. The first kappa shape index (κ1) is 18.7. The average molecular weight is 384 g/mol. The van der Waals surface area contributed by atoms with E-state index in [1.807, 2.05) is 25.1 Å². The lowest BCUT2D eigenvalue weighted by atomic mass is 10.1. The number of amides is 1. The highest BCUT2D eigenvalue weighted by Crippen LogP contribution is 2.30. The van der Waals surface area contributed by atoms with E-state index in [4.69, 9.17) is 26.4 Å². The molecule has 1 fully saturated rings. The number of methoxy groups -OCH3 is 2. The standard InChI is InChI=1S/C20H20N2O4S/c1-4-26-17-10-5-13(12-18(17)25-3)11-16-19(23)22(20(27)21-16)14-6-8-15(24-2)9-7-14/h5-12H,4H2,1-3H3,(H,21,27). The number of ether oxygens (including phenoxy) is 3. The normalized spacial score (nSPS) is 15.1. The van der Waals surface area contributed by atoms with E-state index in [9.17, 15) is 4.79 Å². The first-order valence-electron chi connectivity index (χ1n) is 8.39. The van der Waals surface area contributed by atoms with Gasteiger partial charge in [-0.25, -0.2) is 0 Å². The van der Waals surface area contributed by atoms with Crippen molar-refractivity contribution < 1.29 is 19.0 Å². The summed E-state index contributed by atoms with van der Waals surface area (Å²) in [7, 11) is 3.17. The minimum atomic E-state index is -0.224. The summed E-state index contributed by atoms with van der Waals surface area (Å²) >= 11 is 5.34. The molecule has 0 bridgehead atoms. The molecule has 1 heterocycles. The highest BCUT2D eigenvalue weighted by atomic mass is 32.1. The largest absolute Gasteiger partial charge is 0.497 e. The third-order valence-electron chi connectivity index (χ3n) is 4.01. The van der Waals surface area contributed by atoms with Gasteiger partial charge in [-0.2, -0.15) is 0 Å². The van der Waals surface area contributed by atoms with E-state index in [1.165, 1.54) is 4.90 Å². The number of nitrogens with zero attached hydrogens (tertiary/aromatic N) is 1. The topological polar surface area (TPSA) is 60.0 Å². The van der Waals surface area contributed by atoms with Crippen molar-refractivity contribution in [3.05, 3.63) is 53.7 Å². The van der Waals surface area contributed by atoms with Gasteiger partial charge in [0.15, 0.2) is 16.6 Å². The first-order chi connectivity index (χ1) is 13.1. The highest BCUT2D eigenvalue weighted by molar-refractivity contribution is 7.80. The maximum absolute atomic E-state index is 12.8. The summed E-state index contributed by atoms with van der Waals surface area (Å²) in [6.45, 7) is 2.45. The molecule has 1 N–H and O–H groups in total. The summed E-state index contributed by atoms with van der Waals surface area (Å²) in [5.74, 6) is 1.74. The van der Waals surface area contributed by atoms with Crippen molar-refractivity contribution in [3.8, 4) is 17.2 Å². The Morgan fingerprint density at radius 3 is 2.44 bits per heavy atom. The monoisotopic (exact) mass is 384 g/mol. The smallest absolute Gasteiger partial charge is 0.281 e. The Morgan fingerprint density at radius 2 is 1.81 bits per heavy atom. The van der Waals surface area contributed by atoms with Gasteiger partial charge >= 0.3 is 0 Å². The fraction of sp³-hybridized carbons (Fsp3) is 0.200. The van der Waals surface area contributed by atoms with Crippen LogP contribution in [0.5, 0.6) is 17.2 Å². The van der Waals surface area contributed by atoms with Crippen LogP contribution in [-0.2, 0) is 4.79 Å². The number of hydrogen-bond acceptors (Lipinski definition) is 5. The van der Waals surface area contributed by atoms with Gasteiger partial charge in [0.05, 0.1) is 26.5 Å². The third kappa shape index (κ3) is 3.88. The molecule has 0 aliphatic carbocycles. The first-order valence-corrected chi connectivity index (χ1v) is 8.80. The molecule has 1 saturated heterocycles. The molecular formula is C20H20N2O4S.